The fourth-order valence-electron chi connectivity index (χ4n) is 3.16. The van der Waals surface area contributed by atoms with Gasteiger partial charge < -0.3 is 22.1 Å². The van der Waals surface area contributed by atoms with E-state index in [1.165, 1.54) is 6.42 Å². The van der Waals surface area contributed by atoms with Crippen molar-refractivity contribution in [2.45, 2.75) is 33.6 Å². The van der Waals surface area contributed by atoms with E-state index in [2.05, 4.69) is 31.4 Å². The summed E-state index contributed by atoms with van der Waals surface area (Å²) in [7, 11) is 0. The van der Waals surface area contributed by atoms with Crippen molar-refractivity contribution in [1.29, 1.82) is 0 Å². The molecule has 136 valence electrons. The third kappa shape index (κ3) is 6.96. The van der Waals surface area contributed by atoms with Crippen molar-refractivity contribution >= 4 is 22.7 Å². The molecule has 4 heteroatoms. The standard InChI is InChI=1S/C21H32N4/c1-16(15-25-20-10-6-18(23)7-11-20)14-21(2,3)12-13-24-19-8-4-17(22)5-9-19/h4-11,16,24-25H,12-15,22-23H2,1-3H3. The second-order valence-electron chi connectivity index (χ2n) is 7.78. The van der Waals surface area contributed by atoms with E-state index < -0.39 is 0 Å². The molecule has 2 rings (SSSR count). The maximum atomic E-state index is 5.72. The molecule has 0 heterocycles. The highest BCUT2D eigenvalue weighted by atomic mass is 14.9. The Balaban J connectivity index is 1.71. The summed E-state index contributed by atoms with van der Waals surface area (Å²) in [6.45, 7) is 8.93. The molecule has 0 spiro atoms. The van der Waals surface area contributed by atoms with Gasteiger partial charge in [0.15, 0.2) is 0 Å². The van der Waals surface area contributed by atoms with E-state index in [0.717, 1.165) is 42.3 Å². The van der Waals surface area contributed by atoms with Crippen molar-refractivity contribution in [2.24, 2.45) is 11.3 Å². The summed E-state index contributed by atoms with van der Waals surface area (Å²) in [5.74, 6) is 0.601. The summed E-state index contributed by atoms with van der Waals surface area (Å²) in [5.41, 5.74) is 15.6. The number of hydrogen-bond acceptors (Lipinski definition) is 4. The van der Waals surface area contributed by atoms with Crippen LogP contribution in [-0.4, -0.2) is 13.1 Å². The summed E-state index contributed by atoms with van der Waals surface area (Å²) < 4.78 is 0. The minimum atomic E-state index is 0.295. The molecule has 1 unspecified atom stereocenters. The number of hydrogen-bond donors (Lipinski definition) is 4. The number of rotatable bonds is 9. The van der Waals surface area contributed by atoms with Crippen LogP contribution < -0.4 is 22.1 Å². The third-order valence-electron chi connectivity index (χ3n) is 4.51. The first-order valence-electron chi connectivity index (χ1n) is 9.03. The van der Waals surface area contributed by atoms with E-state index >= 15 is 0 Å². The second-order valence-corrected chi connectivity index (χ2v) is 7.78. The molecular formula is C21H32N4. The molecular weight excluding hydrogens is 308 g/mol. The van der Waals surface area contributed by atoms with Crippen molar-refractivity contribution < 1.29 is 0 Å². The molecule has 0 aliphatic heterocycles. The molecule has 0 radical (unpaired) electrons. The average molecular weight is 341 g/mol. The fraction of sp³-hybridized carbons (Fsp3) is 0.429. The molecule has 0 fully saturated rings. The van der Waals surface area contributed by atoms with Crippen molar-refractivity contribution in [3.05, 3.63) is 48.5 Å². The maximum absolute atomic E-state index is 5.72. The average Bonchev–Trinajstić information content (AvgIpc) is 2.55. The van der Waals surface area contributed by atoms with Crippen molar-refractivity contribution in [2.75, 3.05) is 35.2 Å². The summed E-state index contributed by atoms with van der Waals surface area (Å²) in [5, 5.41) is 6.98. The highest BCUT2D eigenvalue weighted by Gasteiger charge is 2.20. The maximum Gasteiger partial charge on any atom is 0.0341 e. The first-order chi connectivity index (χ1) is 11.8. The lowest BCUT2D eigenvalue weighted by molar-refractivity contribution is 0.269. The molecule has 1 atom stereocenters. The van der Waals surface area contributed by atoms with Gasteiger partial charge in [0.25, 0.3) is 0 Å². The topological polar surface area (TPSA) is 76.1 Å². The quantitative estimate of drug-likeness (QED) is 0.494. The van der Waals surface area contributed by atoms with Gasteiger partial charge in [-0.05, 0) is 72.7 Å². The zero-order chi connectivity index (χ0) is 18.3. The number of anilines is 4. The largest absolute Gasteiger partial charge is 0.399 e. The summed E-state index contributed by atoms with van der Waals surface area (Å²) in [6.07, 6.45) is 2.31. The molecule has 0 aliphatic carbocycles. The lowest BCUT2D eigenvalue weighted by atomic mass is 9.80. The molecule has 0 saturated heterocycles. The molecule has 0 aromatic heterocycles. The summed E-state index contributed by atoms with van der Waals surface area (Å²) in [4.78, 5) is 0. The number of nitrogens with two attached hydrogens (primary N) is 2. The predicted octanol–water partition coefficient (Wildman–Crippen LogP) is 4.82. The highest BCUT2D eigenvalue weighted by molar-refractivity contribution is 5.51. The Hall–Kier alpha value is -2.36. The Morgan fingerprint density at radius 2 is 1.32 bits per heavy atom. The predicted molar refractivity (Wildman–Crippen MR) is 111 cm³/mol. The monoisotopic (exact) mass is 340 g/mol. The Kier molecular flexibility index (Phi) is 6.57. The zero-order valence-electron chi connectivity index (χ0n) is 15.7. The van der Waals surface area contributed by atoms with Gasteiger partial charge in [0.2, 0.25) is 0 Å². The molecule has 2 aromatic rings. The van der Waals surface area contributed by atoms with E-state index in [0.29, 0.717) is 11.3 Å². The van der Waals surface area contributed by atoms with Crippen LogP contribution in [0.4, 0.5) is 22.7 Å². The van der Waals surface area contributed by atoms with Gasteiger partial charge in [0.1, 0.15) is 0 Å². The van der Waals surface area contributed by atoms with Gasteiger partial charge in [-0.15, -0.1) is 0 Å². The van der Waals surface area contributed by atoms with Gasteiger partial charge in [-0.25, -0.2) is 0 Å². The fourth-order valence-corrected chi connectivity index (χ4v) is 3.16. The van der Waals surface area contributed by atoms with Crippen LogP contribution in [-0.2, 0) is 0 Å². The van der Waals surface area contributed by atoms with Crippen LogP contribution in [0.5, 0.6) is 0 Å². The van der Waals surface area contributed by atoms with Crippen molar-refractivity contribution in [3.8, 4) is 0 Å². The minimum absolute atomic E-state index is 0.295. The first-order valence-corrected chi connectivity index (χ1v) is 9.03. The minimum Gasteiger partial charge on any atom is -0.399 e. The Bertz CT molecular complexity index is 632. The molecule has 4 nitrogen and oxygen atoms in total. The number of nitrogens with one attached hydrogen (secondary N) is 2. The van der Waals surface area contributed by atoms with Crippen LogP contribution >= 0.6 is 0 Å². The van der Waals surface area contributed by atoms with E-state index in [1.807, 2.05) is 48.5 Å². The molecule has 2 aromatic carbocycles. The molecule has 0 saturated carbocycles. The summed E-state index contributed by atoms with van der Waals surface area (Å²) in [6, 6.07) is 15.8. The van der Waals surface area contributed by atoms with Crippen LogP contribution in [0, 0.1) is 11.3 Å². The Morgan fingerprint density at radius 1 is 0.840 bits per heavy atom. The summed E-state index contributed by atoms with van der Waals surface area (Å²) >= 11 is 0. The molecule has 25 heavy (non-hydrogen) atoms. The van der Waals surface area contributed by atoms with E-state index in [-0.39, 0.29) is 0 Å². The van der Waals surface area contributed by atoms with Gasteiger partial charge in [-0.1, -0.05) is 20.8 Å². The normalized spacial score (nSPS) is 12.6. The number of nitrogen functional groups attached to an aromatic ring is 2. The Morgan fingerprint density at radius 3 is 1.84 bits per heavy atom. The van der Waals surface area contributed by atoms with Crippen LogP contribution in [0.3, 0.4) is 0 Å². The first kappa shape index (κ1) is 19.0. The molecule has 6 N–H and O–H groups in total. The van der Waals surface area contributed by atoms with Crippen LogP contribution in [0.25, 0.3) is 0 Å². The van der Waals surface area contributed by atoms with E-state index in [4.69, 9.17) is 11.5 Å². The van der Waals surface area contributed by atoms with Crippen molar-refractivity contribution in [3.63, 3.8) is 0 Å². The highest BCUT2D eigenvalue weighted by Crippen LogP contribution is 2.29. The number of benzene rings is 2. The lowest BCUT2D eigenvalue weighted by Gasteiger charge is -2.28. The van der Waals surface area contributed by atoms with Gasteiger partial charge in [-0.2, -0.15) is 0 Å². The van der Waals surface area contributed by atoms with Crippen molar-refractivity contribution in [1.82, 2.24) is 0 Å². The third-order valence-corrected chi connectivity index (χ3v) is 4.51. The molecule has 0 amide bonds. The smallest absolute Gasteiger partial charge is 0.0341 e. The Labute approximate surface area is 152 Å². The van der Waals surface area contributed by atoms with Gasteiger partial charge in [-0.3, -0.25) is 0 Å². The van der Waals surface area contributed by atoms with Gasteiger partial charge in [0.05, 0.1) is 0 Å². The van der Waals surface area contributed by atoms with Crippen LogP contribution in [0.15, 0.2) is 48.5 Å². The van der Waals surface area contributed by atoms with Crippen LogP contribution in [0.1, 0.15) is 33.6 Å². The molecule has 0 bridgehead atoms. The zero-order valence-corrected chi connectivity index (χ0v) is 15.7. The van der Waals surface area contributed by atoms with Gasteiger partial charge in [0, 0.05) is 35.8 Å². The molecule has 0 aliphatic rings. The van der Waals surface area contributed by atoms with E-state index in [1.54, 1.807) is 0 Å². The van der Waals surface area contributed by atoms with Gasteiger partial charge >= 0.3 is 0 Å². The lowest BCUT2D eigenvalue weighted by Crippen LogP contribution is -2.23. The van der Waals surface area contributed by atoms with Crippen LogP contribution in [0.2, 0.25) is 0 Å². The second kappa shape index (κ2) is 8.65. The SMILES string of the molecule is CC(CNc1ccc(N)cc1)CC(C)(C)CCNc1ccc(N)cc1. The van der Waals surface area contributed by atoms with E-state index in [9.17, 15) is 0 Å².